The molecule has 5 heteroatoms. The Balaban J connectivity index is 2.42. The topological polar surface area (TPSA) is 46.1 Å². The van der Waals surface area contributed by atoms with Crippen LogP contribution in [0.25, 0.3) is 0 Å². The summed E-state index contributed by atoms with van der Waals surface area (Å²) in [6.45, 7) is 7.23. The van der Waals surface area contributed by atoms with Crippen LogP contribution in [0.1, 0.15) is 27.2 Å². The smallest absolute Gasteiger partial charge is 0.139 e. The fourth-order valence-corrected chi connectivity index (χ4v) is 1.78. The third-order valence-electron chi connectivity index (χ3n) is 3.18. The van der Waals surface area contributed by atoms with Crippen molar-refractivity contribution >= 4 is 23.2 Å². The van der Waals surface area contributed by atoms with E-state index in [1.54, 1.807) is 18.2 Å². The third-order valence-corrected chi connectivity index (χ3v) is 3.73. The zero-order chi connectivity index (χ0) is 14.5. The van der Waals surface area contributed by atoms with E-state index in [1.807, 2.05) is 0 Å². The van der Waals surface area contributed by atoms with E-state index >= 15 is 0 Å². The zero-order valence-electron chi connectivity index (χ0n) is 11.6. The molecule has 0 aromatic heterocycles. The van der Waals surface area contributed by atoms with Gasteiger partial charge in [0.2, 0.25) is 0 Å². The molecule has 0 saturated carbocycles. The van der Waals surface area contributed by atoms with Gasteiger partial charge < -0.3 is 15.2 Å². The van der Waals surface area contributed by atoms with E-state index in [2.05, 4.69) is 26.1 Å². The van der Waals surface area contributed by atoms with Crippen molar-refractivity contribution in [3.05, 3.63) is 28.2 Å². The van der Waals surface area contributed by atoms with Gasteiger partial charge in [0, 0.05) is 11.1 Å². The molecule has 0 radical (unpaired) electrons. The Labute approximate surface area is 124 Å². The predicted molar refractivity (Wildman–Crippen MR) is 79.1 cm³/mol. The monoisotopic (exact) mass is 306 g/mol. The van der Waals surface area contributed by atoms with Gasteiger partial charge >= 0.3 is 0 Å². The summed E-state index contributed by atoms with van der Waals surface area (Å²) in [6, 6.07) is 5.03. The summed E-state index contributed by atoms with van der Waals surface area (Å²) in [7, 11) is 0. The van der Waals surface area contributed by atoms with Crippen LogP contribution < -0.4 is 10.1 Å². The molecule has 0 bridgehead atoms. The molecule has 1 aromatic rings. The van der Waals surface area contributed by atoms with Gasteiger partial charge in [0.25, 0.3) is 0 Å². The Bertz CT molecular complexity index is 410. The molecule has 0 aliphatic rings. The molecule has 0 aliphatic heterocycles. The molecule has 3 nitrogen and oxygen atoms in total. The summed E-state index contributed by atoms with van der Waals surface area (Å²) in [5.74, 6) is 0.503. The summed E-state index contributed by atoms with van der Waals surface area (Å²) < 4.78 is 5.49. The van der Waals surface area contributed by atoms with Gasteiger partial charge in [-0.1, -0.05) is 30.1 Å². The fraction of sp³-hybridized carbons (Fsp3) is 0.571. The van der Waals surface area contributed by atoms with Crippen LogP contribution in [0.5, 0.6) is 5.75 Å². The van der Waals surface area contributed by atoms with Gasteiger partial charge in [-0.2, -0.15) is 0 Å². The summed E-state index contributed by atoms with van der Waals surface area (Å²) in [5, 5.41) is 13.1. The number of benzene rings is 1. The standard InChI is InChI=1S/C14H21Cl2NO2/c1-4-14(2,3)17-8-11(18)9-19-13-7-10(15)5-6-12(13)16/h5-7,11,17-18H,4,8-9H2,1-3H3/p+1/t11-/m1/s1. The molecular weight excluding hydrogens is 285 g/mol. The highest BCUT2D eigenvalue weighted by molar-refractivity contribution is 6.34. The molecule has 0 spiro atoms. The average Bonchev–Trinajstić information content (AvgIpc) is 2.37. The first-order chi connectivity index (χ1) is 8.84. The Morgan fingerprint density at radius 3 is 2.68 bits per heavy atom. The van der Waals surface area contributed by atoms with Crippen LogP contribution in [-0.2, 0) is 0 Å². The fourth-order valence-electron chi connectivity index (χ4n) is 1.44. The van der Waals surface area contributed by atoms with Gasteiger partial charge in [-0.3, -0.25) is 0 Å². The van der Waals surface area contributed by atoms with Crippen molar-refractivity contribution in [3.63, 3.8) is 0 Å². The van der Waals surface area contributed by atoms with Gasteiger partial charge in [0.15, 0.2) is 0 Å². The van der Waals surface area contributed by atoms with E-state index in [4.69, 9.17) is 27.9 Å². The van der Waals surface area contributed by atoms with Gasteiger partial charge in [-0.15, -0.1) is 0 Å². The lowest BCUT2D eigenvalue weighted by atomic mass is 10.0. The first-order valence-corrected chi connectivity index (χ1v) is 7.20. The van der Waals surface area contributed by atoms with Gasteiger partial charge in [-0.25, -0.2) is 0 Å². The van der Waals surface area contributed by atoms with Crippen molar-refractivity contribution in [1.29, 1.82) is 0 Å². The average molecular weight is 307 g/mol. The van der Waals surface area contributed by atoms with E-state index in [1.165, 1.54) is 0 Å². The summed E-state index contributed by atoms with van der Waals surface area (Å²) >= 11 is 11.8. The van der Waals surface area contributed by atoms with Crippen LogP contribution in [-0.4, -0.2) is 29.9 Å². The van der Waals surface area contributed by atoms with Crippen molar-refractivity contribution in [3.8, 4) is 5.75 Å². The Hall–Kier alpha value is -0.480. The third kappa shape index (κ3) is 6.00. The number of quaternary nitrogens is 1. The predicted octanol–water partition coefficient (Wildman–Crippen LogP) is 2.49. The number of aliphatic hydroxyl groups is 1. The van der Waals surface area contributed by atoms with Crippen molar-refractivity contribution in [2.75, 3.05) is 13.2 Å². The van der Waals surface area contributed by atoms with E-state index < -0.39 is 6.10 Å². The van der Waals surface area contributed by atoms with Crippen molar-refractivity contribution in [2.45, 2.75) is 38.8 Å². The number of hydrogen-bond donors (Lipinski definition) is 2. The lowest BCUT2D eigenvalue weighted by Crippen LogP contribution is -2.96. The lowest BCUT2D eigenvalue weighted by molar-refractivity contribution is -0.725. The number of halogens is 2. The van der Waals surface area contributed by atoms with Crippen molar-refractivity contribution in [1.82, 2.24) is 0 Å². The normalized spacial score (nSPS) is 13.4. The van der Waals surface area contributed by atoms with Crippen LogP contribution >= 0.6 is 23.2 Å². The first-order valence-electron chi connectivity index (χ1n) is 6.44. The number of hydrogen-bond acceptors (Lipinski definition) is 2. The summed E-state index contributed by atoms with van der Waals surface area (Å²) in [5.41, 5.74) is 0.134. The minimum Gasteiger partial charge on any atom is -0.489 e. The molecule has 0 amide bonds. The van der Waals surface area contributed by atoms with Gasteiger partial charge in [-0.05, 0) is 32.4 Å². The SMILES string of the molecule is CCC(C)(C)[NH2+]C[C@@H](O)COc1cc(Cl)ccc1Cl. The van der Waals surface area contributed by atoms with E-state index in [9.17, 15) is 5.11 Å². The van der Waals surface area contributed by atoms with Crippen molar-refractivity contribution in [2.24, 2.45) is 0 Å². The molecule has 0 fully saturated rings. The minimum absolute atomic E-state index is 0.134. The second kappa shape index (κ2) is 7.34. The second-order valence-electron chi connectivity index (χ2n) is 5.32. The highest BCUT2D eigenvalue weighted by atomic mass is 35.5. The molecule has 19 heavy (non-hydrogen) atoms. The van der Waals surface area contributed by atoms with Crippen LogP contribution in [0, 0.1) is 0 Å². The molecule has 1 atom stereocenters. The summed E-state index contributed by atoms with van der Waals surface area (Å²) in [6.07, 6.45) is 0.502. The molecule has 0 unspecified atom stereocenters. The van der Waals surface area contributed by atoms with Crippen LogP contribution in [0.4, 0.5) is 0 Å². The maximum Gasteiger partial charge on any atom is 0.139 e. The zero-order valence-corrected chi connectivity index (χ0v) is 13.1. The Kier molecular flexibility index (Phi) is 6.40. The van der Waals surface area contributed by atoms with E-state index in [0.717, 1.165) is 6.42 Å². The minimum atomic E-state index is -0.541. The quantitative estimate of drug-likeness (QED) is 0.813. The van der Waals surface area contributed by atoms with Crippen LogP contribution in [0.3, 0.4) is 0 Å². The molecule has 1 aromatic carbocycles. The van der Waals surface area contributed by atoms with Crippen LogP contribution in [0.2, 0.25) is 10.0 Å². The molecule has 0 heterocycles. The molecule has 1 rings (SSSR count). The molecule has 3 N–H and O–H groups in total. The maximum atomic E-state index is 9.90. The molecule has 0 saturated heterocycles. The Morgan fingerprint density at radius 2 is 2.05 bits per heavy atom. The Morgan fingerprint density at radius 1 is 1.37 bits per heavy atom. The maximum absolute atomic E-state index is 9.90. The largest absolute Gasteiger partial charge is 0.489 e. The second-order valence-corrected chi connectivity index (χ2v) is 6.17. The van der Waals surface area contributed by atoms with E-state index in [-0.39, 0.29) is 12.1 Å². The molecule has 0 aliphatic carbocycles. The number of ether oxygens (including phenoxy) is 1. The highest BCUT2D eigenvalue weighted by Crippen LogP contribution is 2.27. The van der Waals surface area contributed by atoms with Gasteiger partial charge in [0.05, 0.1) is 10.6 Å². The number of aliphatic hydroxyl groups excluding tert-OH is 1. The highest BCUT2D eigenvalue weighted by Gasteiger charge is 2.20. The summed E-state index contributed by atoms with van der Waals surface area (Å²) in [4.78, 5) is 0. The van der Waals surface area contributed by atoms with Crippen molar-refractivity contribution < 1.29 is 15.2 Å². The molecule has 108 valence electrons. The first kappa shape index (κ1) is 16.6. The number of rotatable bonds is 7. The lowest BCUT2D eigenvalue weighted by Gasteiger charge is -2.22. The van der Waals surface area contributed by atoms with Gasteiger partial charge in [0.1, 0.15) is 25.0 Å². The molecular formula is C14H22Cl2NO2+. The van der Waals surface area contributed by atoms with E-state index in [0.29, 0.717) is 22.3 Å². The number of nitrogens with two attached hydrogens (primary N) is 1. The van der Waals surface area contributed by atoms with Crippen LogP contribution in [0.15, 0.2) is 18.2 Å².